The fourth-order valence-electron chi connectivity index (χ4n) is 2.14. The van der Waals surface area contributed by atoms with Crippen molar-refractivity contribution in [2.24, 2.45) is 0 Å². The lowest BCUT2D eigenvalue weighted by Gasteiger charge is -2.20. The van der Waals surface area contributed by atoms with Gasteiger partial charge in [-0.25, -0.2) is 4.79 Å². The van der Waals surface area contributed by atoms with Crippen molar-refractivity contribution in [3.63, 3.8) is 0 Å². The summed E-state index contributed by atoms with van der Waals surface area (Å²) < 4.78 is 19.9. The van der Waals surface area contributed by atoms with Gasteiger partial charge in [0.2, 0.25) is 0 Å². The molecule has 0 aromatic rings. The summed E-state index contributed by atoms with van der Waals surface area (Å²) in [6.07, 6.45) is 14.2. The molecule has 0 aromatic carbocycles. The molecule has 0 rings (SSSR count). The predicted molar refractivity (Wildman–Crippen MR) is 114 cm³/mol. The lowest BCUT2D eigenvalue weighted by atomic mass is 10.1. The predicted octanol–water partition coefficient (Wildman–Crippen LogP) is 5.39. The van der Waals surface area contributed by atoms with Crippen LogP contribution in [0.3, 0.4) is 0 Å². The van der Waals surface area contributed by atoms with E-state index in [1.165, 1.54) is 63.9 Å². The summed E-state index contributed by atoms with van der Waals surface area (Å²) in [7, 11) is 0.863. The highest BCUT2D eigenvalue weighted by Gasteiger charge is 2.30. The largest absolute Gasteiger partial charge is 0.497 e. The molecule has 0 saturated carbocycles. The summed E-state index contributed by atoms with van der Waals surface area (Å²) in [6, 6.07) is 0. The highest BCUT2D eigenvalue weighted by atomic mass is 32.1. The molecule has 7 heteroatoms. The number of hydrogen-bond acceptors (Lipinski definition) is 6. The van der Waals surface area contributed by atoms with Crippen LogP contribution in [0.5, 0.6) is 0 Å². The number of ether oxygens (including phenoxy) is 1. The Morgan fingerprint density at radius 3 is 1.77 bits per heavy atom. The Hall–Kier alpha value is -0.343. The summed E-state index contributed by atoms with van der Waals surface area (Å²) >= 11 is 3.87. The van der Waals surface area contributed by atoms with E-state index < -0.39 is 8.80 Å². The zero-order valence-corrected chi connectivity index (χ0v) is 19.2. The molecule has 0 saturated heterocycles. The molecule has 0 unspecified atom stereocenters. The first-order valence-electron chi connectivity index (χ1n) is 9.63. The minimum Gasteiger partial charge on any atom is -0.463 e. The van der Waals surface area contributed by atoms with E-state index in [9.17, 15) is 4.79 Å². The second kappa shape index (κ2) is 21.0. The number of esters is 1. The first-order valence-corrected chi connectivity index (χ1v) is 12.5. The maximum absolute atomic E-state index is 10.7. The number of rotatable bonds is 16. The molecular weight excluding hydrogens is 368 g/mol. The van der Waals surface area contributed by atoms with Crippen molar-refractivity contribution in [2.45, 2.75) is 77.7 Å². The van der Waals surface area contributed by atoms with Crippen LogP contribution < -0.4 is 0 Å². The fourth-order valence-corrected chi connectivity index (χ4v) is 3.48. The van der Waals surface area contributed by atoms with Crippen LogP contribution in [0.25, 0.3) is 0 Å². The van der Waals surface area contributed by atoms with Gasteiger partial charge in [0.15, 0.2) is 0 Å². The number of carbonyl (C=O) groups is 1. The Kier molecular flexibility index (Phi) is 22.5. The minimum atomic E-state index is -2.27. The second-order valence-corrected chi connectivity index (χ2v) is 9.19. The van der Waals surface area contributed by atoms with Gasteiger partial charge in [-0.15, -0.1) is 0 Å². The van der Waals surface area contributed by atoms with Crippen LogP contribution in [0, 0.1) is 0 Å². The molecule has 0 aliphatic rings. The molecule has 0 N–H and O–H groups in total. The smallest absolute Gasteiger partial charge is 0.463 e. The maximum Gasteiger partial charge on any atom is 0.497 e. The third-order valence-corrected chi connectivity index (χ3v) is 6.50. The SMILES string of the molecule is C=CC(=O)OCCCCCCCCCCCC.CO[Si](C)(OC)OCS. The van der Waals surface area contributed by atoms with Gasteiger partial charge in [-0.05, 0) is 6.42 Å². The average Bonchev–Trinajstić information content (AvgIpc) is 2.66. The van der Waals surface area contributed by atoms with Crippen molar-refractivity contribution in [1.29, 1.82) is 0 Å². The molecular formula is C19H40O5SSi. The average molecular weight is 409 g/mol. The molecule has 0 radical (unpaired) electrons. The van der Waals surface area contributed by atoms with E-state index >= 15 is 0 Å². The normalized spacial score (nSPS) is 10.8. The van der Waals surface area contributed by atoms with Gasteiger partial charge >= 0.3 is 14.8 Å². The van der Waals surface area contributed by atoms with Gasteiger partial charge in [0.1, 0.15) is 0 Å². The van der Waals surface area contributed by atoms with Crippen LogP contribution >= 0.6 is 12.6 Å². The molecule has 26 heavy (non-hydrogen) atoms. The van der Waals surface area contributed by atoms with E-state index in [-0.39, 0.29) is 5.97 Å². The maximum atomic E-state index is 10.7. The van der Waals surface area contributed by atoms with Gasteiger partial charge in [0.05, 0.1) is 12.5 Å². The minimum absolute atomic E-state index is 0.305. The Labute approximate surface area is 167 Å². The van der Waals surface area contributed by atoms with Gasteiger partial charge in [0, 0.05) is 26.8 Å². The number of hydrogen-bond donors (Lipinski definition) is 1. The fraction of sp³-hybridized carbons (Fsp3) is 0.842. The Morgan fingerprint density at radius 1 is 0.962 bits per heavy atom. The van der Waals surface area contributed by atoms with Gasteiger partial charge in [-0.1, -0.05) is 71.3 Å². The van der Waals surface area contributed by atoms with E-state index in [0.29, 0.717) is 12.5 Å². The van der Waals surface area contributed by atoms with Crippen molar-refractivity contribution >= 4 is 27.4 Å². The Morgan fingerprint density at radius 2 is 1.42 bits per heavy atom. The topological polar surface area (TPSA) is 54.0 Å². The van der Waals surface area contributed by atoms with Crippen molar-refractivity contribution in [1.82, 2.24) is 0 Å². The summed E-state index contributed by atoms with van der Waals surface area (Å²) in [5, 5.41) is 0. The molecule has 0 atom stereocenters. The Bertz CT molecular complexity index is 325. The summed E-state index contributed by atoms with van der Waals surface area (Å²) in [6.45, 7) is 7.96. The standard InChI is InChI=1S/C15H28O2.C4H12O3SSi/c1-3-5-6-7-8-9-10-11-12-13-14-17-15(16)4-2;1-5-9(3,6-2)7-4-8/h4H,2-3,5-14H2,1H3;8H,4H2,1-3H3. The van der Waals surface area contributed by atoms with Gasteiger partial charge in [0.25, 0.3) is 0 Å². The van der Waals surface area contributed by atoms with Crippen molar-refractivity contribution < 1.29 is 22.8 Å². The molecule has 0 bridgehead atoms. The molecule has 156 valence electrons. The van der Waals surface area contributed by atoms with Crippen molar-refractivity contribution in [2.75, 3.05) is 26.8 Å². The quantitative estimate of drug-likeness (QED) is 0.0927. The number of thiol groups is 1. The summed E-state index contributed by atoms with van der Waals surface area (Å²) in [5.74, 6) is 0.0330. The lowest BCUT2D eigenvalue weighted by molar-refractivity contribution is -0.137. The molecule has 0 aliphatic heterocycles. The third kappa shape index (κ3) is 20.0. The van der Waals surface area contributed by atoms with E-state index in [1.807, 2.05) is 6.55 Å². The van der Waals surface area contributed by atoms with E-state index in [1.54, 1.807) is 14.2 Å². The van der Waals surface area contributed by atoms with Gasteiger partial charge in [-0.3, -0.25) is 0 Å². The van der Waals surface area contributed by atoms with E-state index in [0.717, 1.165) is 6.42 Å². The molecule has 0 heterocycles. The van der Waals surface area contributed by atoms with Crippen molar-refractivity contribution in [3.8, 4) is 0 Å². The van der Waals surface area contributed by atoms with Gasteiger partial charge < -0.3 is 18.0 Å². The highest BCUT2D eigenvalue weighted by Crippen LogP contribution is 2.10. The van der Waals surface area contributed by atoms with Crippen molar-refractivity contribution in [3.05, 3.63) is 12.7 Å². The summed E-state index contributed by atoms with van der Waals surface area (Å²) in [5.41, 5.74) is 0. The molecule has 5 nitrogen and oxygen atoms in total. The van der Waals surface area contributed by atoms with Crippen LogP contribution in [0.4, 0.5) is 0 Å². The van der Waals surface area contributed by atoms with Crippen LogP contribution in [-0.2, 0) is 22.8 Å². The van der Waals surface area contributed by atoms with Crippen LogP contribution in [0.15, 0.2) is 12.7 Å². The van der Waals surface area contributed by atoms with Crippen LogP contribution in [0.2, 0.25) is 6.55 Å². The monoisotopic (exact) mass is 408 g/mol. The van der Waals surface area contributed by atoms with E-state index in [4.69, 9.17) is 18.0 Å². The highest BCUT2D eigenvalue weighted by molar-refractivity contribution is 7.80. The third-order valence-electron chi connectivity index (χ3n) is 3.98. The molecule has 0 fully saturated rings. The van der Waals surface area contributed by atoms with E-state index in [2.05, 4.69) is 26.1 Å². The molecule has 0 amide bonds. The lowest BCUT2D eigenvalue weighted by Crippen LogP contribution is -2.39. The first kappa shape index (κ1) is 27.9. The zero-order chi connectivity index (χ0) is 20.1. The van der Waals surface area contributed by atoms with Crippen LogP contribution in [0.1, 0.15) is 71.1 Å². The van der Waals surface area contributed by atoms with Gasteiger partial charge in [-0.2, -0.15) is 12.6 Å². The number of unbranched alkanes of at least 4 members (excludes halogenated alkanes) is 9. The van der Waals surface area contributed by atoms with Crippen LogP contribution in [-0.4, -0.2) is 41.5 Å². The number of carbonyl (C=O) groups excluding carboxylic acids is 1. The first-order chi connectivity index (χ1) is 12.5. The molecule has 0 aromatic heterocycles. The second-order valence-electron chi connectivity index (χ2n) is 6.10. The molecule has 0 spiro atoms. The Balaban J connectivity index is 0. The summed E-state index contributed by atoms with van der Waals surface area (Å²) in [4.78, 5) is 10.7. The molecule has 0 aliphatic carbocycles. The zero-order valence-electron chi connectivity index (χ0n) is 17.3.